The minimum absolute atomic E-state index is 0.258. The number of pyridine rings is 2. The number of anilines is 1. The zero-order valence-electron chi connectivity index (χ0n) is 18.4. The lowest BCUT2D eigenvalue weighted by molar-refractivity contribution is 0.591. The van der Waals surface area contributed by atoms with Crippen molar-refractivity contribution in [2.24, 2.45) is 0 Å². The van der Waals surface area contributed by atoms with Crippen molar-refractivity contribution in [3.63, 3.8) is 0 Å². The van der Waals surface area contributed by atoms with Crippen LogP contribution in [-0.2, 0) is 6.54 Å². The van der Waals surface area contributed by atoms with Crippen molar-refractivity contribution in [3.05, 3.63) is 90.5 Å². The van der Waals surface area contributed by atoms with Gasteiger partial charge in [-0.25, -0.2) is 4.98 Å². The SMILES string of the molecule is N#Cc1cccc(-c2nc(N)c3nn(Cc4ccccn4)nc3c2-c2ccc3nccnc3c2)c1. The number of nitrogen functional groups attached to an aromatic ring is 1. The van der Waals surface area contributed by atoms with E-state index in [4.69, 9.17) is 15.8 Å². The van der Waals surface area contributed by atoms with E-state index in [1.165, 1.54) is 0 Å². The average Bonchev–Trinajstić information content (AvgIpc) is 3.33. The summed E-state index contributed by atoms with van der Waals surface area (Å²) in [4.78, 5) is 19.5. The molecule has 0 fully saturated rings. The molecule has 166 valence electrons. The Morgan fingerprint density at radius 3 is 2.49 bits per heavy atom. The molecule has 9 nitrogen and oxygen atoms in total. The number of hydrogen-bond acceptors (Lipinski definition) is 8. The molecular weight excluding hydrogens is 438 g/mol. The molecule has 9 heteroatoms. The number of nitrogens with two attached hydrogens (primary N) is 1. The predicted octanol–water partition coefficient (Wildman–Crippen LogP) is 4.00. The van der Waals surface area contributed by atoms with Gasteiger partial charge in [0, 0.05) is 29.7 Å². The summed E-state index contributed by atoms with van der Waals surface area (Å²) in [5.41, 5.74) is 13.3. The molecule has 0 amide bonds. The number of nitriles is 1. The molecule has 0 radical (unpaired) electrons. The highest BCUT2D eigenvalue weighted by Crippen LogP contribution is 2.38. The standard InChI is InChI=1S/C26H17N9/c27-14-16-4-3-5-18(12-16)23-22(17-7-8-20-21(13-17)31-11-10-30-20)24-25(26(28)32-23)34-35(33-24)15-19-6-1-2-9-29-19/h1-13H,15H2,(H2,28,32). The third kappa shape index (κ3) is 3.69. The first-order chi connectivity index (χ1) is 17.2. The second-order valence-electron chi connectivity index (χ2n) is 7.92. The Morgan fingerprint density at radius 2 is 1.66 bits per heavy atom. The van der Waals surface area contributed by atoms with Gasteiger partial charge in [0.05, 0.1) is 34.1 Å². The normalized spacial score (nSPS) is 11.1. The molecular formula is C26H17N9. The summed E-state index contributed by atoms with van der Waals surface area (Å²) in [7, 11) is 0. The molecule has 6 aromatic rings. The molecule has 0 aliphatic rings. The molecule has 35 heavy (non-hydrogen) atoms. The van der Waals surface area contributed by atoms with E-state index in [-0.39, 0.29) is 5.82 Å². The Morgan fingerprint density at radius 1 is 0.800 bits per heavy atom. The summed E-state index contributed by atoms with van der Waals surface area (Å²) in [6, 6.07) is 21.0. The van der Waals surface area contributed by atoms with Crippen LogP contribution in [0, 0.1) is 11.3 Å². The summed E-state index contributed by atoms with van der Waals surface area (Å²) < 4.78 is 0. The quantitative estimate of drug-likeness (QED) is 0.422. The van der Waals surface area contributed by atoms with Gasteiger partial charge < -0.3 is 5.73 Å². The fraction of sp³-hybridized carbons (Fsp3) is 0.0385. The van der Waals surface area contributed by atoms with Gasteiger partial charge in [-0.15, -0.1) is 5.10 Å². The van der Waals surface area contributed by atoms with E-state index in [2.05, 4.69) is 26.1 Å². The van der Waals surface area contributed by atoms with Crippen LogP contribution >= 0.6 is 0 Å². The van der Waals surface area contributed by atoms with Crippen LogP contribution in [-0.4, -0.2) is 34.9 Å². The Balaban J connectivity index is 1.62. The van der Waals surface area contributed by atoms with Crippen molar-refractivity contribution in [2.75, 3.05) is 5.73 Å². The molecule has 4 heterocycles. The minimum atomic E-state index is 0.258. The van der Waals surface area contributed by atoms with Crippen LogP contribution in [0.1, 0.15) is 11.3 Å². The monoisotopic (exact) mass is 455 g/mol. The van der Waals surface area contributed by atoms with Gasteiger partial charge in [-0.3, -0.25) is 15.0 Å². The molecule has 0 saturated heterocycles. The average molecular weight is 455 g/mol. The first-order valence-corrected chi connectivity index (χ1v) is 10.9. The molecule has 2 N–H and O–H groups in total. The summed E-state index contributed by atoms with van der Waals surface area (Å²) >= 11 is 0. The first kappa shape index (κ1) is 20.4. The van der Waals surface area contributed by atoms with Gasteiger partial charge in [0.25, 0.3) is 0 Å². The van der Waals surface area contributed by atoms with Gasteiger partial charge in [0.15, 0.2) is 11.3 Å². The summed E-state index contributed by atoms with van der Waals surface area (Å²) in [6.07, 6.45) is 5.05. The topological polar surface area (TPSA) is 132 Å². The molecule has 0 aliphatic heterocycles. The molecule has 6 rings (SSSR count). The molecule has 0 spiro atoms. The van der Waals surface area contributed by atoms with E-state index in [9.17, 15) is 5.26 Å². The van der Waals surface area contributed by atoms with Gasteiger partial charge in [-0.1, -0.05) is 24.3 Å². The number of fused-ring (bicyclic) bond motifs is 2. The molecule has 4 aromatic heterocycles. The lowest BCUT2D eigenvalue weighted by Gasteiger charge is -2.12. The second-order valence-corrected chi connectivity index (χ2v) is 7.92. The van der Waals surface area contributed by atoms with Crippen LogP contribution in [0.4, 0.5) is 5.82 Å². The van der Waals surface area contributed by atoms with Crippen molar-refractivity contribution >= 4 is 27.9 Å². The van der Waals surface area contributed by atoms with E-state index >= 15 is 0 Å². The summed E-state index contributed by atoms with van der Waals surface area (Å²) in [5, 5.41) is 18.9. The predicted molar refractivity (Wildman–Crippen MR) is 132 cm³/mol. The number of benzene rings is 2. The number of aromatic nitrogens is 7. The van der Waals surface area contributed by atoms with E-state index in [1.54, 1.807) is 35.5 Å². The first-order valence-electron chi connectivity index (χ1n) is 10.9. The molecule has 2 aromatic carbocycles. The Hall–Kier alpha value is -5.23. The van der Waals surface area contributed by atoms with Crippen molar-refractivity contribution in [2.45, 2.75) is 6.54 Å². The fourth-order valence-electron chi connectivity index (χ4n) is 4.07. The number of nitrogens with zero attached hydrogens (tertiary/aromatic N) is 8. The highest BCUT2D eigenvalue weighted by atomic mass is 15.5. The van der Waals surface area contributed by atoms with E-state index in [0.717, 1.165) is 33.4 Å². The van der Waals surface area contributed by atoms with Gasteiger partial charge >= 0.3 is 0 Å². The van der Waals surface area contributed by atoms with Gasteiger partial charge in [-0.2, -0.15) is 15.2 Å². The third-order valence-electron chi connectivity index (χ3n) is 5.66. The zero-order valence-corrected chi connectivity index (χ0v) is 18.4. The molecule has 0 aliphatic carbocycles. The van der Waals surface area contributed by atoms with Gasteiger partial charge in [0.2, 0.25) is 0 Å². The largest absolute Gasteiger partial charge is 0.382 e. The van der Waals surface area contributed by atoms with Gasteiger partial charge in [-0.05, 0) is 42.0 Å². The van der Waals surface area contributed by atoms with Crippen LogP contribution in [0.15, 0.2) is 79.3 Å². The van der Waals surface area contributed by atoms with Crippen LogP contribution in [0.3, 0.4) is 0 Å². The highest BCUT2D eigenvalue weighted by molar-refractivity contribution is 6.03. The van der Waals surface area contributed by atoms with Crippen LogP contribution in [0.5, 0.6) is 0 Å². The molecule has 0 unspecified atom stereocenters. The molecule has 0 saturated carbocycles. The van der Waals surface area contributed by atoms with Crippen molar-refractivity contribution < 1.29 is 0 Å². The maximum Gasteiger partial charge on any atom is 0.155 e. The third-order valence-corrected chi connectivity index (χ3v) is 5.66. The zero-order chi connectivity index (χ0) is 23.8. The Bertz CT molecular complexity index is 1750. The van der Waals surface area contributed by atoms with E-state index in [1.807, 2.05) is 48.5 Å². The molecule has 0 atom stereocenters. The maximum atomic E-state index is 9.44. The lowest BCUT2D eigenvalue weighted by atomic mass is 9.96. The van der Waals surface area contributed by atoms with Crippen molar-refractivity contribution in [3.8, 4) is 28.5 Å². The number of hydrogen-bond donors (Lipinski definition) is 1. The lowest BCUT2D eigenvalue weighted by Crippen LogP contribution is -2.05. The summed E-state index contributed by atoms with van der Waals surface area (Å²) in [5.74, 6) is 0.258. The second kappa shape index (κ2) is 8.28. The maximum absolute atomic E-state index is 9.44. The van der Waals surface area contributed by atoms with Crippen LogP contribution in [0.25, 0.3) is 44.5 Å². The fourth-order valence-corrected chi connectivity index (χ4v) is 4.07. The Kier molecular flexibility index (Phi) is 4.82. The van der Waals surface area contributed by atoms with Crippen molar-refractivity contribution in [1.29, 1.82) is 5.26 Å². The van der Waals surface area contributed by atoms with E-state index < -0.39 is 0 Å². The minimum Gasteiger partial charge on any atom is -0.382 e. The van der Waals surface area contributed by atoms with Crippen molar-refractivity contribution in [1.82, 2.24) is 34.9 Å². The van der Waals surface area contributed by atoms with Crippen LogP contribution in [0.2, 0.25) is 0 Å². The van der Waals surface area contributed by atoms with Crippen LogP contribution < -0.4 is 5.73 Å². The van der Waals surface area contributed by atoms with E-state index in [0.29, 0.717) is 28.8 Å². The summed E-state index contributed by atoms with van der Waals surface area (Å²) in [6.45, 7) is 0.386. The van der Waals surface area contributed by atoms with Gasteiger partial charge in [0.1, 0.15) is 12.1 Å². The number of rotatable bonds is 4. The molecule has 0 bridgehead atoms. The smallest absolute Gasteiger partial charge is 0.155 e. The Labute approximate surface area is 199 Å². The highest BCUT2D eigenvalue weighted by Gasteiger charge is 2.21.